The van der Waals surface area contributed by atoms with Crippen molar-refractivity contribution in [2.45, 2.75) is 6.54 Å². The van der Waals surface area contributed by atoms with Gasteiger partial charge in [0.25, 0.3) is 5.91 Å². The third kappa shape index (κ3) is 3.92. The Bertz CT molecular complexity index is 806. The Balaban J connectivity index is 1.72. The molecule has 2 heterocycles. The summed E-state index contributed by atoms with van der Waals surface area (Å²) in [4.78, 5) is 16.1. The molecule has 23 heavy (non-hydrogen) atoms. The molecule has 3 aromatic rings. The summed E-state index contributed by atoms with van der Waals surface area (Å²) < 4.78 is 18.8. The van der Waals surface area contributed by atoms with Crippen molar-refractivity contribution in [2.24, 2.45) is 0 Å². The van der Waals surface area contributed by atoms with Gasteiger partial charge in [-0.25, -0.2) is 9.37 Å². The number of benzene rings is 1. The molecular weight excluding hydrogens is 315 g/mol. The predicted molar refractivity (Wildman–Crippen MR) is 86.2 cm³/mol. The zero-order chi connectivity index (χ0) is 16.1. The molecule has 0 bridgehead atoms. The lowest BCUT2D eigenvalue weighted by atomic mass is 10.2. The average molecular weight is 328 g/mol. The molecule has 2 aromatic heterocycles. The second kappa shape index (κ2) is 7.02. The first-order valence-corrected chi connectivity index (χ1v) is 7.84. The molecule has 0 spiro atoms. The minimum Gasteiger partial charge on any atom is -0.439 e. The molecule has 0 aliphatic carbocycles. The molecule has 1 aromatic carbocycles. The Morgan fingerprint density at radius 1 is 1.26 bits per heavy atom. The number of hydrogen-bond donors (Lipinski definition) is 1. The van der Waals surface area contributed by atoms with E-state index in [1.54, 1.807) is 41.9 Å². The summed E-state index contributed by atoms with van der Waals surface area (Å²) in [6.45, 7) is 0.271. The lowest BCUT2D eigenvalue weighted by Crippen LogP contribution is -2.22. The highest BCUT2D eigenvalue weighted by Crippen LogP contribution is 2.23. The minimum absolute atomic E-state index is 0.160. The van der Waals surface area contributed by atoms with E-state index in [0.717, 1.165) is 0 Å². The fraction of sp³-hybridized carbons (Fsp3) is 0.0588. The number of nitrogens with one attached hydrogen (secondary N) is 1. The van der Waals surface area contributed by atoms with Gasteiger partial charge in [-0.2, -0.15) is 11.3 Å². The van der Waals surface area contributed by atoms with Gasteiger partial charge in [0.15, 0.2) is 0 Å². The van der Waals surface area contributed by atoms with E-state index in [0.29, 0.717) is 22.8 Å². The zero-order valence-corrected chi connectivity index (χ0v) is 12.8. The predicted octanol–water partition coefficient (Wildman–Crippen LogP) is 4.00. The Hall–Kier alpha value is -2.73. The summed E-state index contributed by atoms with van der Waals surface area (Å²) >= 11 is 1.46. The number of carbonyl (C=O) groups is 1. The first kappa shape index (κ1) is 15.2. The van der Waals surface area contributed by atoms with E-state index in [9.17, 15) is 9.18 Å². The number of pyridine rings is 1. The van der Waals surface area contributed by atoms with Crippen molar-refractivity contribution < 1.29 is 13.9 Å². The van der Waals surface area contributed by atoms with E-state index in [1.165, 1.54) is 23.5 Å². The number of amides is 1. The molecule has 0 unspecified atom stereocenters. The van der Waals surface area contributed by atoms with Gasteiger partial charge >= 0.3 is 0 Å². The molecule has 1 N–H and O–H groups in total. The number of aromatic nitrogens is 1. The molecule has 3 rings (SSSR count). The molecule has 116 valence electrons. The van der Waals surface area contributed by atoms with Crippen LogP contribution in [0.1, 0.15) is 15.9 Å². The van der Waals surface area contributed by atoms with Gasteiger partial charge in [-0.3, -0.25) is 4.79 Å². The molecule has 4 nitrogen and oxygen atoms in total. The molecule has 0 atom stereocenters. The monoisotopic (exact) mass is 328 g/mol. The Morgan fingerprint density at radius 2 is 2.17 bits per heavy atom. The lowest BCUT2D eigenvalue weighted by Gasteiger charge is -2.10. The van der Waals surface area contributed by atoms with Crippen molar-refractivity contribution in [2.75, 3.05) is 0 Å². The molecular formula is C17H13FN2O2S. The number of ether oxygens (including phenoxy) is 1. The van der Waals surface area contributed by atoms with Gasteiger partial charge in [-0.1, -0.05) is 12.1 Å². The van der Waals surface area contributed by atoms with Crippen LogP contribution in [0.5, 0.6) is 11.6 Å². The van der Waals surface area contributed by atoms with Crippen LogP contribution in [0, 0.1) is 5.82 Å². The van der Waals surface area contributed by atoms with Crippen molar-refractivity contribution >= 4 is 17.2 Å². The third-order valence-corrected chi connectivity index (χ3v) is 3.77. The average Bonchev–Trinajstić information content (AvgIpc) is 3.08. The number of nitrogens with zero attached hydrogens (tertiary/aromatic N) is 1. The Kier molecular flexibility index (Phi) is 4.63. The first-order chi connectivity index (χ1) is 11.2. The highest BCUT2D eigenvalue weighted by atomic mass is 32.1. The van der Waals surface area contributed by atoms with E-state index >= 15 is 0 Å². The van der Waals surface area contributed by atoms with Crippen LogP contribution in [0.2, 0.25) is 0 Å². The van der Waals surface area contributed by atoms with Crippen LogP contribution in [0.25, 0.3) is 0 Å². The maximum absolute atomic E-state index is 13.2. The van der Waals surface area contributed by atoms with Crippen LogP contribution >= 0.6 is 11.3 Å². The van der Waals surface area contributed by atoms with Crippen LogP contribution in [-0.4, -0.2) is 10.9 Å². The molecule has 1 amide bonds. The van der Waals surface area contributed by atoms with Gasteiger partial charge < -0.3 is 10.1 Å². The second-order valence-electron chi connectivity index (χ2n) is 4.72. The van der Waals surface area contributed by atoms with Crippen molar-refractivity contribution in [3.8, 4) is 11.6 Å². The molecule has 0 saturated carbocycles. The number of rotatable bonds is 5. The maximum atomic E-state index is 13.2. The van der Waals surface area contributed by atoms with Crippen LogP contribution in [0.15, 0.2) is 59.4 Å². The van der Waals surface area contributed by atoms with Crippen molar-refractivity contribution in [1.82, 2.24) is 10.3 Å². The highest BCUT2D eigenvalue weighted by Gasteiger charge is 2.10. The van der Waals surface area contributed by atoms with Crippen LogP contribution in [-0.2, 0) is 6.54 Å². The number of halogens is 1. The Labute approximate surface area is 136 Å². The molecule has 0 aliphatic heterocycles. The summed E-state index contributed by atoms with van der Waals surface area (Å²) in [6, 6.07) is 11.1. The fourth-order valence-corrected chi connectivity index (χ4v) is 2.60. The third-order valence-electron chi connectivity index (χ3n) is 3.08. The molecule has 0 saturated heterocycles. The SMILES string of the molecule is O=C(NCc1cccnc1Oc1cccc(F)c1)c1ccsc1. The molecule has 0 fully saturated rings. The first-order valence-electron chi connectivity index (χ1n) is 6.90. The number of thiophene rings is 1. The van der Waals surface area contributed by atoms with Crippen molar-refractivity contribution in [3.05, 3.63) is 76.4 Å². The normalized spacial score (nSPS) is 10.3. The van der Waals surface area contributed by atoms with E-state index in [-0.39, 0.29) is 18.3 Å². The molecule has 6 heteroatoms. The number of hydrogen-bond acceptors (Lipinski definition) is 4. The van der Waals surface area contributed by atoms with Gasteiger partial charge in [0, 0.05) is 35.3 Å². The zero-order valence-electron chi connectivity index (χ0n) is 12.0. The van der Waals surface area contributed by atoms with E-state index in [1.807, 2.05) is 5.38 Å². The van der Waals surface area contributed by atoms with Gasteiger partial charge in [0.2, 0.25) is 5.88 Å². The van der Waals surface area contributed by atoms with E-state index < -0.39 is 0 Å². The maximum Gasteiger partial charge on any atom is 0.252 e. The molecule has 0 aliphatic rings. The fourth-order valence-electron chi connectivity index (χ4n) is 1.96. The smallest absolute Gasteiger partial charge is 0.252 e. The van der Waals surface area contributed by atoms with Crippen molar-refractivity contribution in [3.63, 3.8) is 0 Å². The van der Waals surface area contributed by atoms with E-state index in [2.05, 4.69) is 10.3 Å². The van der Waals surface area contributed by atoms with Gasteiger partial charge in [-0.05, 0) is 29.6 Å². The summed E-state index contributed by atoms with van der Waals surface area (Å²) in [5, 5.41) is 6.44. The quantitative estimate of drug-likeness (QED) is 0.770. The summed E-state index contributed by atoms with van der Waals surface area (Å²) in [7, 11) is 0. The lowest BCUT2D eigenvalue weighted by molar-refractivity contribution is 0.0951. The van der Waals surface area contributed by atoms with Crippen LogP contribution < -0.4 is 10.1 Å². The summed E-state index contributed by atoms with van der Waals surface area (Å²) in [6.07, 6.45) is 1.58. The van der Waals surface area contributed by atoms with Gasteiger partial charge in [0.05, 0.1) is 0 Å². The summed E-state index contributed by atoms with van der Waals surface area (Å²) in [5.74, 6) is 0.149. The largest absolute Gasteiger partial charge is 0.439 e. The van der Waals surface area contributed by atoms with E-state index in [4.69, 9.17) is 4.74 Å². The van der Waals surface area contributed by atoms with Gasteiger partial charge in [-0.15, -0.1) is 0 Å². The van der Waals surface area contributed by atoms with Gasteiger partial charge in [0.1, 0.15) is 11.6 Å². The topological polar surface area (TPSA) is 51.2 Å². The van der Waals surface area contributed by atoms with Crippen LogP contribution in [0.4, 0.5) is 4.39 Å². The minimum atomic E-state index is -0.384. The highest BCUT2D eigenvalue weighted by molar-refractivity contribution is 7.08. The number of carbonyl (C=O) groups excluding carboxylic acids is 1. The van der Waals surface area contributed by atoms with Crippen LogP contribution in [0.3, 0.4) is 0 Å². The molecule has 0 radical (unpaired) electrons. The summed E-state index contributed by atoms with van der Waals surface area (Å²) in [5.41, 5.74) is 1.33. The standard InChI is InChI=1S/C17H13FN2O2S/c18-14-4-1-5-15(9-14)22-17-12(3-2-7-19-17)10-20-16(21)13-6-8-23-11-13/h1-9,11H,10H2,(H,20,21). The second-order valence-corrected chi connectivity index (χ2v) is 5.50. The van der Waals surface area contributed by atoms with Crippen molar-refractivity contribution in [1.29, 1.82) is 0 Å². The Morgan fingerprint density at radius 3 is 2.96 bits per heavy atom.